The van der Waals surface area contributed by atoms with Gasteiger partial charge in [0.1, 0.15) is 0 Å². The summed E-state index contributed by atoms with van der Waals surface area (Å²) in [6, 6.07) is 7.50. The van der Waals surface area contributed by atoms with E-state index in [1.807, 2.05) is 13.8 Å². The Balaban J connectivity index is 0.00000220. The van der Waals surface area contributed by atoms with E-state index in [4.69, 9.17) is 4.74 Å². The number of hydrogen-bond acceptors (Lipinski definition) is 3. The molecule has 0 atom stereocenters. The van der Waals surface area contributed by atoms with Crippen LogP contribution in [0.1, 0.15) is 24.2 Å². The number of amides is 1. The number of benzene rings is 1. The van der Waals surface area contributed by atoms with Crippen molar-refractivity contribution in [3.8, 4) is 5.75 Å². The zero-order valence-corrected chi connectivity index (χ0v) is 12.5. The second-order valence-electron chi connectivity index (χ2n) is 4.50. The summed E-state index contributed by atoms with van der Waals surface area (Å²) in [4.78, 5) is 15.7. The van der Waals surface area contributed by atoms with Crippen molar-refractivity contribution >= 4 is 24.0 Å². The maximum Gasteiger partial charge on any atom is 0.255 e. The highest BCUT2D eigenvalue weighted by atomic mass is 35.5. The van der Waals surface area contributed by atoms with Crippen molar-refractivity contribution in [2.24, 2.45) is 0 Å². The van der Waals surface area contributed by atoms with Gasteiger partial charge in [-0.2, -0.15) is 0 Å². The van der Waals surface area contributed by atoms with E-state index >= 15 is 0 Å². The summed E-state index contributed by atoms with van der Waals surface area (Å²) in [5, 5.41) is 2.62. The van der Waals surface area contributed by atoms with Crippen molar-refractivity contribution in [1.82, 2.24) is 4.98 Å². The summed E-state index contributed by atoms with van der Waals surface area (Å²) in [7, 11) is 0. The number of nitrogens with zero attached hydrogens (tertiary/aromatic N) is 1. The normalized spacial score (nSPS) is 9.90. The standard InChI is InChI=1S/C15H15FN2O2.ClH/c1-10(2)20-14-4-3-12(9-13(14)16)18-15(19)11-5-7-17-8-6-11;/h3-10H,1-2H3,(H,18,19);1H. The maximum atomic E-state index is 13.8. The van der Waals surface area contributed by atoms with Crippen LogP contribution in [0.3, 0.4) is 0 Å². The number of pyridine rings is 1. The lowest BCUT2D eigenvalue weighted by atomic mass is 10.2. The van der Waals surface area contributed by atoms with E-state index in [-0.39, 0.29) is 30.2 Å². The number of nitrogens with one attached hydrogen (secondary N) is 1. The molecule has 0 saturated carbocycles. The molecule has 0 bridgehead atoms. The SMILES string of the molecule is CC(C)Oc1ccc(NC(=O)c2ccncc2)cc1F.Cl. The minimum Gasteiger partial charge on any atom is -0.488 e. The summed E-state index contributed by atoms with van der Waals surface area (Å²) < 4.78 is 19.1. The van der Waals surface area contributed by atoms with E-state index in [1.54, 1.807) is 18.2 Å². The van der Waals surface area contributed by atoms with E-state index in [9.17, 15) is 9.18 Å². The number of carbonyl (C=O) groups is 1. The Kier molecular flexibility index (Phi) is 6.11. The van der Waals surface area contributed by atoms with Crippen LogP contribution in [0.5, 0.6) is 5.75 Å². The van der Waals surface area contributed by atoms with Crippen LogP contribution in [0.15, 0.2) is 42.7 Å². The third kappa shape index (κ3) is 4.72. The minimum atomic E-state index is -0.508. The highest BCUT2D eigenvalue weighted by Crippen LogP contribution is 2.22. The molecular weight excluding hydrogens is 295 g/mol. The number of ether oxygens (including phenoxy) is 1. The van der Waals surface area contributed by atoms with Gasteiger partial charge in [-0.3, -0.25) is 9.78 Å². The lowest BCUT2D eigenvalue weighted by molar-refractivity contribution is 0.102. The largest absolute Gasteiger partial charge is 0.488 e. The molecule has 4 nitrogen and oxygen atoms in total. The first kappa shape index (κ1) is 16.9. The number of aromatic nitrogens is 1. The summed E-state index contributed by atoms with van der Waals surface area (Å²) >= 11 is 0. The van der Waals surface area contributed by atoms with Crippen LogP contribution in [-0.4, -0.2) is 17.0 Å². The van der Waals surface area contributed by atoms with Gasteiger partial charge in [-0.15, -0.1) is 12.4 Å². The average Bonchev–Trinajstić information content (AvgIpc) is 2.42. The predicted octanol–water partition coefficient (Wildman–Crippen LogP) is 3.68. The molecule has 1 heterocycles. The third-order valence-corrected chi connectivity index (χ3v) is 2.49. The van der Waals surface area contributed by atoms with E-state index in [0.29, 0.717) is 11.3 Å². The van der Waals surface area contributed by atoms with Crippen LogP contribution < -0.4 is 10.1 Å². The molecule has 1 N–H and O–H groups in total. The Hall–Kier alpha value is -2.14. The second-order valence-corrected chi connectivity index (χ2v) is 4.50. The molecule has 0 unspecified atom stereocenters. The van der Waals surface area contributed by atoms with Gasteiger partial charge >= 0.3 is 0 Å². The molecule has 1 aromatic carbocycles. The van der Waals surface area contributed by atoms with E-state index < -0.39 is 5.82 Å². The van der Waals surface area contributed by atoms with Gasteiger partial charge in [0.05, 0.1) is 6.10 Å². The van der Waals surface area contributed by atoms with E-state index in [2.05, 4.69) is 10.3 Å². The monoisotopic (exact) mass is 310 g/mol. The van der Waals surface area contributed by atoms with Crippen molar-refractivity contribution in [3.63, 3.8) is 0 Å². The Morgan fingerprint density at radius 2 is 1.90 bits per heavy atom. The molecule has 1 aromatic heterocycles. The molecule has 6 heteroatoms. The fraction of sp³-hybridized carbons (Fsp3) is 0.200. The Morgan fingerprint density at radius 1 is 1.24 bits per heavy atom. The molecule has 112 valence electrons. The summed E-state index contributed by atoms with van der Waals surface area (Å²) in [5.41, 5.74) is 0.836. The fourth-order valence-electron chi connectivity index (χ4n) is 1.63. The second kappa shape index (κ2) is 7.59. The molecule has 21 heavy (non-hydrogen) atoms. The van der Waals surface area contributed by atoms with Gasteiger partial charge in [0.15, 0.2) is 11.6 Å². The lowest BCUT2D eigenvalue weighted by Gasteiger charge is -2.12. The first-order chi connectivity index (χ1) is 9.56. The molecule has 0 spiro atoms. The van der Waals surface area contributed by atoms with Gasteiger partial charge in [-0.1, -0.05) is 0 Å². The number of halogens is 2. The highest BCUT2D eigenvalue weighted by molar-refractivity contribution is 6.04. The number of hydrogen-bond donors (Lipinski definition) is 1. The number of carbonyl (C=O) groups excluding carboxylic acids is 1. The zero-order valence-electron chi connectivity index (χ0n) is 11.7. The molecular formula is C15H16ClFN2O2. The van der Waals surface area contributed by atoms with E-state index in [0.717, 1.165) is 0 Å². The van der Waals surface area contributed by atoms with Crippen LogP contribution in [0.2, 0.25) is 0 Å². The summed E-state index contributed by atoms with van der Waals surface area (Å²) in [6.45, 7) is 3.64. The Labute approximate surface area is 128 Å². The van der Waals surface area contributed by atoms with Gasteiger partial charge in [0, 0.05) is 29.7 Å². The first-order valence-electron chi connectivity index (χ1n) is 6.24. The van der Waals surface area contributed by atoms with Crippen molar-refractivity contribution in [2.45, 2.75) is 20.0 Å². The fourth-order valence-corrected chi connectivity index (χ4v) is 1.63. The molecule has 0 saturated heterocycles. The van der Waals surface area contributed by atoms with Gasteiger partial charge in [-0.05, 0) is 38.1 Å². The van der Waals surface area contributed by atoms with E-state index in [1.165, 1.54) is 24.5 Å². The van der Waals surface area contributed by atoms with Gasteiger partial charge in [0.25, 0.3) is 5.91 Å². The topological polar surface area (TPSA) is 51.2 Å². The van der Waals surface area contributed by atoms with Crippen LogP contribution in [0, 0.1) is 5.82 Å². The molecule has 0 aliphatic carbocycles. The van der Waals surface area contributed by atoms with Crippen molar-refractivity contribution in [1.29, 1.82) is 0 Å². The zero-order chi connectivity index (χ0) is 14.5. The molecule has 2 rings (SSSR count). The van der Waals surface area contributed by atoms with Gasteiger partial charge in [-0.25, -0.2) is 4.39 Å². The molecule has 1 amide bonds. The third-order valence-electron chi connectivity index (χ3n) is 2.49. The summed E-state index contributed by atoms with van der Waals surface area (Å²) in [5.74, 6) is -0.655. The van der Waals surface area contributed by atoms with Gasteiger partial charge < -0.3 is 10.1 Å². The molecule has 2 aromatic rings. The smallest absolute Gasteiger partial charge is 0.255 e. The predicted molar refractivity (Wildman–Crippen MR) is 81.6 cm³/mol. The molecule has 0 aliphatic rings. The molecule has 0 radical (unpaired) electrons. The molecule has 0 fully saturated rings. The Bertz CT molecular complexity index is 606. The number of anilines is 1. The quantitative estimate of drug-likeness (QED) is 0.937. The highest BCUT2D eigenvalue weighted by Gasteiger charge is 2.09. The van der Waals surface area contributed by atoms with Crippen molar-refractivity contribution < 1.29 is 13.9 Å². The minimum absolute atomic E-state index is 0. The summed E-state index contributed by atoms with van der Waals surface area (Å²) in [6.07, 6.45) is 2.94. The average molecular weight is 311 g/mol. The van der Waals surface area contributed by atoms with Gasteiger partial charge in [0.2, 0.25) is 0 Å². The van der Waals surface area contributed by atoms with Crippen LogP contribution >= 0.6 is 12.4 Å². The van der Waals surface area contributed by atoms with Crippen LogP contribution in [0.25, 0.3) is 0 Å². The lowest BCUT2D eigenvalue weighted by Crippen LogP contribution is -2.12. The van der Waals surface area contributed by atoms with Crippen molar-refractivity contribution in [2.75, 3.05) is 5.32 Å². The van der Waals surface area contributed by atoms with Crippen LogP contribution in [-0.2, 0) is 0 Å². The van der Waals surface area contributed by atoms with Crippen LogP contribution in [0.4, 0.5) is 10.1 Å². The maximum absolute atomic E-state index is 13.8. The Morgan fingerprint density at radius 3 is 2.48 bits per heavy atom. The van der Waals surface area contributed by atoms with Crippen molar-refractivity contribution in [3.05, 3.63) is 54.1 Å². The molecule has 0 aliphatic heterocycles. The number of rotatable bonds is 4. The first-order valence-corrected chi connectivity index (χ1v) is 6.24.